The molecule has 0 radical (unpaired) electrons. The molecule has 0 aromatic heterocycles. The quantitative estimate of drug-likeness (QED) is 0.431. The minimum atomic E-state index is -1.25. The molecule has 0 unspecified atom stereocenters. The molecule has 0 aliphatic carbocycles. The molecule has 33 heavy (non-hydrogen) atoms. The van der Waals surface area contributed by atoms with Crippen LogP contribution in [0.1, 0.15) is 29.5 Å². The van der Waals surface area contributed by atoms with Gasteiger partial charge < -0.3 is 5.32 Å². The molecule has 168 valence electrons. The Hall–Kier alpha value is -3.59. The lowest BCUT2D eigenvalue weighted by atomic mass is 9.75. The SMILES string of the molecule is Cc1ccc2c(c1C)NC(=O)[C@@]21[C@@H]2C(=O)N(c3cccc([N+](=O)[O-])c3)C(=O)[C@@H]2[C@H]2CCCN21. The van der Waals surface area contributed by atoms with Gasteiger partial charge in [0.2, 0.25) is 17.7 Å². The molecule has 4 heterocycles. The van der Waals surface area contributed by atoms with E-state index < -0.39 is 28.2 Å². The van der Waals surface area contributed by atoms with E-state index in [1.165, 1.54) is 24.3 Å². The molecular formula is C24H22N4O5. The van der Waals surface area contributed by atoms with Crippen molar-refractivity contribution in [3.8, 4) is 0 Å². The number of fused-ring (bicyclic) bond motifs is 7. The number of nitrogens with one attached hydrogen (secondary N) is 1. The number of carbonyl (C=O) groups excluding carboxylic acids is 3. The molecule has 9 nitrogen and oxygen atoms in total. The van der Waals surface area contributed by atoms with Crippen LogP contribution in [0.5, 0.6) is 0 Å². The molecule has 3 fully saturated rings. The van der Waals surface area contributed by atoms with Gasteiger partial charge in [0, 0.05) is 29.4 Å². The van der Waals surface area contributed by atoms with Crippen LogP contribution in [-0.2, 0) is 19.9 Å². The minimum absolute atomic E-state index is 0.173. The van der Waals surface area contributed by atoms with E-state index in [-0.39, 0.29) is 29.2 Å². The lowest BCUT2D eigenvalue weighted by Gasteiger charge is -2.36. The summed E-state index contributed by atoms with van der Waals surface area (Å²) in [6.45, 7) is 4.55. The second kappa shape index (κ2) is 6.48. The summed E-state index contributed by atoms with van der Waals surface area (Å²) in [5.74, 6) is -2.67. The van der Waals surface area contributed by atoms with Gasteiger partial charge in [-0.3, -0.25) is 29.4 Å². The van der Waals surface area contributed by atoms with Crippen LogP contribution in [0.25, 0.3) is 0 Å². The predicted molar refractivity (Wildman–Crippen MR) is 119 cm³/mol. The van der Waals surface area contributed by atoms with Crippen LogP contribution in [0, 0.1) is 35.8 Å². The van der Waals surface area contributed by atoms with Crippen molar-refractivity contribution in [3.05, 3.63) is 63.2 Å². The zero-order valence-corrected chi connectivity index (χ0v) is 18.2. The fraction of sp³-hybridized carbons (Fsp3) is 0.375. The standard InChI is InChI=1S/C24H22N4O5/c1-12-8-9-16-20(13(12)2)25-23(31)24(16)19-18(17-7-4-10-26(17)24)21(29)27(22(19)30)14-5-3-6-15(11-14)28(32)33/h3,5-6,8-9,11,17-19H,4,7,10H2,1-2H3,(H,25,31)/t17-,18-,19+,24+/m1/s1. The van der Waals surface area contributed by atoms with Gasteiger partial charge in [-0.05, 0) is 50.4 Å². The topological polar surface area (TPSA) is 113 Å². The van der Waals surface area contributed by atoms with Gasteiger partial charge in [0.1, 0.15) is 5.54 Å². The van der Waals surface area contributed by atoms with E-state index in [1.54, 1.807) is 0 Å². The third-order valence-electron chi connectivity index (χ3n) is 8.00. The number of amides is 3. The molecular weight excluding hydrogens is 424 g/mol. The van der Waals surface area contributed by atoms with E-state index in [1.807, 2.05) is 26.0 Å². The van der Waals surface area contributed by atoms with Crippen LogP contribution in [0.15, 0.2) is 36.4 Å². The van der Waals surface area contributed by atoms with E-state index in [0.29, 0.717) is 6.54 Å². The summed E-state index contributed by atoms with van der Waals surface area (Å²) in [6, 6.07) is 9.18. The van der Waals surface area contributed by atoms with Gasteiger partial charge in [-0.15, -0.1) is 0 Å². The van der Waals surface area contributed by atoms with Crippen molar-refractivity contribution in [1.29, 1.82) is 0 Å². The molecule has 0 saturated carbocycles. The van der Waals surface area contributed by atoms with Crippen molar-refractivity contribution < 1.29 is 19.3 Å². The van der Waals surface area contributed by atoms with Crippen molar-refractivity contribution in [2.75, 3.05) is 16.8 Å². The smallest absolute Gasteiger partial charge is 0.271 e. The van der Waals surface area contributed by atoms with Crippen LogP contribution in [0.3, 0.4) is 0 Å². The molecule has 1 N–H and O–H groups in total. The lowest BCUT2D eigenvalue weighted by molar-refractivity contribution is -0.384. The van der Waals surface area contributed by atoms with E-state index >= 15 is 0 Å². The number of nitro benzene ring substituents is 1. The largest absolute Gasteiger partial charge is 0.324 e. The fourth-order valence-electron chi connectivity index (χ4n) is 6.52. The number of nitrogens with zero attached hydrogens (tertiary/aromatic N) is 3. The molecule has 4 aliphatic heterocycles. The van der Waals surface area contributed by atoms with Crippen molar-refractivity contribution in [1.82, 2.24) is 4.90 Å². The number of nitro groups is 1. The van der Waals surface area contributed by atoms with E-state index in [2.05, 4.69) is 10.2 Å². The maximum atomic E-state index is 13.9. The summed E-state index contributed by atoms with van der Waals surface area (Å²) in [5, 5.41) is 14.3. The van der Waals surface area contributed by atoms with Crippen LogP contribution in [0.2, 0.25) is 0 Å². The Kier molecular flexibility index (Phi) is 3.93. The van der Waals surface area contributed by atoms with Crippen molar-refractivity contribution in [3.63, 3.8) is 0 Å². The molecule has 4 atom stereocenters. The van der Waals surface area contributed by atoms with Crippen molar-refractivity contribution in [2.24, 2.45) is 11.8 Å². The maximum absolute atomic E-state index is 13.9. The van der Waals surface area contributed by atoms with Gasteiger partial charge in [0.25, 0.3) is 5.69 Å². The third kappa shape index (κ3) is 2.27. The van der Waals surface area contributed by atoms with Gasteiger partial charge in [-0.2, -0.15) is 0 Å². The van der Waals surface area contributed by atoms with Crippen molar-refractivity contribution >= 4 is 34.8 Å². The Morgan fingerprint density at radius 2 is 1.91 bits per heavy atom. The number of anilines is 2. The zero-order chi connectivity index (χ0) is 23.2. The predicted octanol–water partition coefficient (Wildman–Crippen LogP) is 2.64. The molecule has 6 rings (SSSR count). The Morgan fingerprint density at radius 3 is 2.67 bits per heavy atom. The highest BCUT2D eigenvalue weighted by molar-refractivity contribution is 6.26. The number of non-ortho nitro benzene ring substituents is 1. The molecule has 0 bridgehead atoms. The van der Waals surface area contributed by atoms with E-state index in [9.17, 15) is 24.5 Å². The number of aryl methyl sites for hydroxylation is 1. The maximum Gasteiger partial charge on any atom is 0.271 e. The number of hydrogen-bond acceptors (Lipinski definition) is 6. The Morgan fingerprint density at radius 1 is 1.12 bits per heavy atom. The first-order chi connectivity index (χ1) is 15.8. The molecule has 4 aliphatic rings. The number of carbonyl (C=O) groups is 3. The third-order valence-corrected chi connectivity index (χ3v) is 8.00. The summed E-state index contributed by atoms with van der Waals surface area (Å²) in [6.07, 6.45) is 1.56. The van der Waals surface area contributed by atoms with Crippen LogP contribution < -0.4 is 10.2 Å². The summed E-state index contributed by atoms with van der Waals surface area (Å²) < 4.78 is 0. The second-order valence-corrected chi connectivity index (χ2v) is 9.35. The number of benzene rings is 2. The van der Waals surface area contributed by atoms with Gasteiger partial charge >= 0.3 is 0 Å². The first-order valence-corrected chi connectivity index (χ1v) is 11.1. The molecule has 2 aromatic rings. The fourth-order valence-corrected chi connectivity index (χ4v) is 6.52. The molecule has 3 saturated heterocycles. The van der Waals surface area contributed by atoms with E-state index in [4.69, 9.17) is 0 Å². The molecule has 9 heteroatoms. The first kappa shape index (κ1) is 20.0. The van der Waals surface area contributed by atoms with E-state index in [0.717, 1.165) is 40.1 Å². The Balaban J connectivity index is 1.55. The van der Waals surface area contributed by atoms with Gasteiger partial charge in [-0.25, -0.2) is 4.90 Å². The van der Waals surface area contributed by atoms with Crippen molar-refractivity contribution in [2.45, 2.75) is 38.3 Å². The molecule has 2 aromatic carbocycles. The van der Waals surface area contributed by atoms with Crippen LogP contribution in [-0.4, -0.2) is 40.1 Å². The monoisotopic (exact) mass is 446 g/mol. The first-order valence-electron chi connectivity index (χ1n) is 11.1. The van der Waals surface area contributed by atoms with Crippen LogP contribution >= 0.6 is 0 Å². The summed E-state index contributed by atoms with van der Waals surface area (Å²) in [5.41, 5.74) is 2.18. The Labute approximate surface area is 189 Å². The second-order valence-electron chi connectivity index (χ2n) is 9.35. The number of rotatable bonds is 2. The average Bonchev–Trinajstić information content (AvgIpc) is 3.49. The molecule has 3 amide bonds. The molecule has 1 spiro atoms. The summed E-state index contributed by atoms with van der Waals surface area (Å²) in [4.78, 5) is 55.2. The lowest BCUT2D eigenvalue weighted by Crippen LogP contribution is -2.54. The zero-order valence-electron chi connectivity index (χ0n) is 18.2. The average molecular weight is 446 g/mol. The highest BCUT2D eigenvalue weighted by Crippen LogP contribution is 2.61. The highest BCUT2D eigenvalue weighted by Gasteiger charge is 2.74. The highest BCUT2D eigenvalue weighted by atomic mass is 16.6. The van der Waals surface area contributed by atoms with Gasteiger partial charge in [-0.1, -0.05) is 18.2 Å². The van der Waals surface area contributed by atoms with Gasteiger partial charge in [0.15, 0.2) is 0 Å². The van der Waals surface area contributed by atoms with Gasteiger partial charge in [0.05, 0.1) is 22.4 Å². The summed E-state index contributed by atoms with van der Waals surface area (Å²) >= 11 is 0. The van der Waals surface area contributed by atoms with Crippen LogP contribution in [0.4, 0.5) is 17.1 Å². The normalized spacial score (nSPS) is 30.1. The number of hydrogen-bond donors (Lipinski definition) is 1. The Bertz CT molecular complexity index is 1290. The summed E-state index contributed by atoms with van der Waals surface area (Å²) in [7, 11) is 0. The number of imide groups is 1. The minimum Gasteiger partial charge on any atom is -0.324 e.